The van der Waals surface area contributed by atoms with Crippen LogP contribution in [-0.4, -0.2) is 74.0 Å². The quantitative estimate of drug-likeness (QED) is 0.555. The largest absolute Gasteiger partial charge is 0.497 e. The molecule has 0 spiro atoms. The summed E-state index contributed by atoms with van der Waals surface area (Å²) in [5, 5.41) is 6.74. The lowest BCUT2D eigenvalue weighted by atomic mass is 9.99. The van der Waals surface area contributed by atoms with Gasteiger partial charge in [-0.3, -0.25) is 19.9 Å². The van der Waals surface area contributed by atoms with Crippen LogP contribution in [-0.2, 0) is 0 Å². The van der Waals surface area contributed by atoms with Crippen LogP contribution in [0.2, 0.25) is 0 Å². The zero-order valence-electron chi connectivity index (χ0n) is 20.1. The van der Waals surface area contributed by atoms with Crippen molar-refractivity contribution < 1.29 is 18.7 Å². The maximum absolute atomic E-state index is 13.0. The van der Waals surface area contributed by atoms with Crippen molar-refractivity contribution in [3.63, 3.8) is 0 Å². The van der Waals surface area contributed by atoms with Crippen LogP contribution in [0.3, 0.4) is 0 Å². The fourth-order valence-electron chi connectivity index (χ4n) is 4.40. The Bertz CT molecular complexity index is 1200. The van der Waals surface area contributed by atoms with Crippen LogP contribution in [0.4, 0.5) is 5.69 Å². The Kier molecular flexibility index (Phi) is 6.99. The zero-order chi connectivity index (χ0) is 24.9. The van der Waals surface area contributed by atoms with Gasteiger partial charge in [0.2, 0.25) is 0 Å². The molecule has 36 heavy (non-hydrogen) atoms. The normalized spacial score (nSPS) is 19.7. The average Bonchev–Trinajstić information content (AvgIpc) is 3.49. The third kappa shape index (κ3) is 5.26. The van der Waals surface area contributed by atoms with Crippen molar-refractivity contribution in [3.05, 3.63) is 83.8 Å². The van der Waals surface area contributed by atoms with E-state index < -0.39 is 0 Å². The van der Waals surface area contributed by atoms with Crippen LogP contribution in [0, 0.1) is 0 Å². The highest BCUT2D eigenvalue weighted by Gasteiger charge is 2.26. The lowest BCUT2D eigenvalue weighted by Gasteiger charge is -2.34. The smallest absolute Gasteiger partial charge is 0.289 e. The first-order valence-electron chi connectivity index (χ1n) is 12.0. The van der Waals surface area contributed by atoms with Gasteiger partial charge in [0.05, 0.1) is 13.4 Å². The molecule has 1 fully saturated rings. The summed E-state index contributed by atoms with van der Waals surface area (Å²) in [6.07, 6.45) is 3.21. The van der Waals surface area contributed by atoms with Crippen molar-refractivity contribution in [2.24, 2.45) is 4.99 Å². The Morgan fingerprint density at radius 1 is 0.972 bits per heavy atom. The van der Waals surface area contributed by atoms with Gasteiger partial charge in [-0.25, -0.2) is 0 Å². The highest BCUT2D eigenvalue weighted by molar-refractivity contribution is 5.95. The predicted molar refractivity (Wildman–Crippen MR) is 137 cm³/mol. The number of amides is 2. The number of anilines is 1. The monoisotopic (exact) mass is 487 g/mol. The highest BCUT2D eigenvalue weighted by atomic mass is 16.5. The van der Waals surface area contributed by atoms with Crippen LogP contribution in [0.15, 0.2) is 76.3 Å². The third-order valence-corrected chi connectivity index (χ3v) is 6.51. The van der Waals surface area contributed by atoms with E-state index in [2.05, 4.69) is 27.8 Å². The summed E-state index contributed by atoms with van der Waals surface area (Å²) in [7, 11) is 1.66. The molecule has 2 N–H and O–H groups in total. The van der Waals surface area contributed by atoms with E-state index in [0.29, 0.717) is 37.5 Å². The minimum Gasteiger partial charge on any atom is -0.497 e. The SMILES string of the molecule is COc1ccc(C2C=NC(Nc3ccc(C(=O)N4CCN(C(=O)c5ccco5)CC4)cc3)NC2)cc1. The number of hydrogen-bond acceptors (Lipinski definition) is 7. The van der Waals surface area contributed by atoms with Gasteiger partial charge in [0.1, 0.15) is 5.75 Å². The molecule has 1 aromatic heterocycles. The Hall–Kier alpha value is -4.11. The minimum atomic E-state index is -0.235. The number of nitrogens with zero attached hydrogens (tertiary/aromatic N) is 3. The zero-order valence-corrected chi connectivity index (χ0v) is 20.1. The fourth-order valence-corrected chi connectivity index (χ4v) is 4.40. The van der Waals surface area contributed by atoms with E-state index in [1.807, 2.05) is 42.6 Å². The second-order valence-electron chi connectivity index (χ2n) is 8.77. The number of aliphatic imine (C=N–C) groups is 1. The number of piperazine rings is 1. The Morgan fingerprint density at radius 2 is 1.67 bits per heavy atom. The first-order chi connectivity index (χ1) is 17.6. The molecule has 2 atom stereocenters. The van der Waals surface area contributed by atoms with E-state index in [9.17, 15) is 9.59 Å². The molecule has 186 valence electrons. The van der Waals surface area contributed by atoms with Gasteiger partial charge in [0.25, 0.3) is 11.8 Å². The molecule has 0 aliphatic carbocycles. The van der Waals surface area contributed by atoms with Crippen LogP contribution >= 0.6 is 0 Å². The number of ether oxygens (including phenoxy) is 1. The van der Waals surface area contributed by atoms with Crippen LogP contribution in [0.25, 0.3) is 0 Å². The molecule has 2 amide bonds. The number of nitrogens with one attached hydrogen (secondary N) is 2. The molecular formula is C27H29N5O4. The van der Waals surface area contributed by atoms with Gasteiger partial charge in [-0.1, -0.05) is 12.1 Å². The molecule has 9 nitrogen and oxygen atoms in total. The molecule has 2 aliphatic heterocycles. The number of carbonyl (C=O) groups excluding carboxylic acids is 2. The molecule has 3 aromatic rings. The van der Waals surface area contributed by atoms with Gasteiger partial charge in [-0.2, -0.15) is 0 Å². The van der Waals surface area contributed by atoms with E-state index in [0.717, 1.165) is 18.0 Å². The molecule has 2 aromatic carbocycles. The summed E-state index contributed by atoms with van der Waals surface area (Å²) in [4.78, 5) is 33.5. The second kappa shape index (κ2) is 10.7. The summed E-state index contributed by atoms with van der Waals surface area (Å²) >= 11 is 0. The third-order valence-electron chi connectivity index (χ3n) is 6.51. The van der Waals surface area contributed by atoms with E-state index in [-0.39, 0.29) is 24.0 Å². The van der Waals surface area contributed by atoms with Gasteiger partial charge < -0.3 is 24.3 Å². The van der Waals surface area contributed by atoms with Gasteiger partial charge in [-0.15, -0.1) is 0 Å². The highest BCUT2D eigenvalue weighted by Crippen LogP contribution is 2.21. The second-order valence-corrected chi connectivity index (χ2v) is 8.77. The minimum absolute atomic E-state index is 0.0391. The first kappa shape index (κ1) is 23.6. The summed E-state index contributed by atoms with van der Waals surface area (Å²) in [6.45, 7) is 2.70. The Morgan fingerprint density at radius 3 is 2.25 bits per heavy atom. The lowest BCUT2D eigenvalue weighted by molar-refractivity contribution is 0.0518. The number of furan rings is 1. The van der Waals surface area contributed by atoms with Crippen molar-refractivity contribution in [2.45, 2.75) is 12.2 Å². The van der Waals surface area contributed by atoms with Crippen LogP contribution < -0.4 is 15.4 Å². The predicted octanol–water partition coefficient (Wildman–Crippen LogP) is 3.04. The molecule has 2 aliphatic rings. The van der Waals surface area contributed by atoms with Crippen molar-refractivity contribution >= 4 is 23.7 Å². The number of carbonyl (C=O) groups is 2. The van der Waals surface area contributed by atoms with Crippen molar-refractivity contribution in [1.82, 2.24) is 15.1 Å². The lowest BCUT2D eigenvalue weighted by Crippen LogP contribution is -2.50. The van der Waals surface area contributed by atoms with E-state index in [4.69, 9.17) is 9.15 Å². The molecule has 9 heteroatoms. The molecule has 0 radical (unpaired) electrons. The van der Waals surface area contributed by atoms with E-state index >= 15 is 0 Å². The Balaban J connectivity index is 1.12. The molecule has 1 saturated heterocycles. The topological polar surface area (TPSA) is 99.4 Å². The molecule has 2 unspecified atom stereocenters. The summed E-state index contributed by atoms with van der Waals surface area (Å²) in [5.41, 5.74) is 2.67. The summed E-state index contributed by atoms with van der Waals surface area (Å²) in [6, 6.07) is 18.8. The number of rotatable bonds is 6. The fraction of sp³-hybridized carbons (Fsp3) is 0.296. The first-order valence-corrected chi connectivity index (χ1v) is 12.0. The van der Waals surface area contributed by atoms with Crippen LogP contribution in [0.5, 0.6) is 5.75 Å². The molecule has 5 rings (SSSR count). The van der Waals surface area contributed by atoms with Crippen LogP contribution in [0.1, 0.15) is 32.4 Å². The number of benzene rings is 2. The van der Waals surface area contributed by atoms with Crippen molar-refractivity contribution in [1.29, 1.82) is 0 Å². The van der Waals surface area contributed by atoms with Gasteiger partial charge >= 0.3 is 0 Å². The van der Waals surface area contributed by atoms with E-state index in [1.54, 1.807) is 29.0 Å². The van der Waals surface area contributed by atoms with E-state index in [1.165, 1.54) is 11.8 Å². The van der Waals surface area contributed by atoms with Crippen molar-refractivity contribution in [2.75, 3.05) is 45.2 Å². The standard InChI is InChI=1S/C27H29N5O4/c1-35-23-10-6-19(7-11-23)21-17-28-27(29-18-21)30-22-8-4-20(5-9-22)25(33)31-12-14-32(15-13-31)26(34)24-3-2-16-36-24/h2-11,16-17,21,27,29-30H,12-15,18H2,1H3. The Labute approximate surface area is 209 Å². The van der Waals surface area contributed by atoms with Gasteiger partial charge in [0, 0.05) is 56.1 Å². The molecule has 0 bridgehead atoms. The summed E-state index contributed by atoms with van der Waals surface area (Å²) < 4.78 is 10.4. The van der Waals surface area contributed by atoms with Gasteiger partial charge in [-0.05, 0) is 54.1 Å². The molecule has 0 saturated carbocycles. The molecule has 3 heterocycles. The maximum atomic E-state index is 13.0. The maximum Gasteiger partial charge on any atom is 0.289 e. The molecular weight excluding hydrogens is 458 g/mol. The average molecular weight is 488 g/mol. The number of hydrogen-bond donors (Lipinski definition) is 2. The summed E-state index contributed by atoms with van der Waals surface area (Å²) in [5.74, 6) is 1.18. The van der Waals surface area contributed by atoms with Gasteiger partial charge in [0.15, 0.2) is 12.0 Å². The van der Waals surface area contributed by atoms with Crippen molar-refractivity contribution in [3.8, 4) is 5.75 Å². The number of methoxy groups -OCH3 is 1.